The number of hydrogen-bond donors (Lipinski definition) is 1. The maximum atomic E-state index is 5.46. The molecule has 0 heterocycles. The summed E-state index contributed by atoms with van der Waals surface area (Å²) >= 11 is 0. The minimum absolute atomic E-state index is 0.410. The van der Waals surface area contributed by atoms with Crippen LogP contribution < -0.4 is 5.32 Å². The number of rotatable bonds is 11. The van der Waals surface area contributed by atoms with Crippen molar-refractivity contribution in [1.29, 1.82) is 0 Å². The lowest BCUT2D eigenvalue weighted by Gasteiger charge is -2.21. The monoisotopic (exact) mass is 233 g/mol. The summed E-state index contributed by atoms with van der Waals surface area (Å²) in [5.41, 5.74) is 0. The summed E-state index contributed by atoms with van der Waals surface area (Å²) < 4.78 is 15.6. The van der Waals surface area contributed by atoms with Crippen LogP contribution >= 0.6 is 0 Å². The van der Waals surface area contributed by atoms with Crippen LogP contribution in [0, 0.1) is 5.92 Å². The average Bonchev–Trinajstić information content (AvgIpc) is 2.26. The van der Waals surface area contributed by atoms with Crippen molar-refractivity contribution < 1.29 is 14.2 Å². The molecule has 4 nitrogen and oxygen atoms in total. The Morgan fingerprint density at radius 3 is 2.31 bits per heavy atom. The summed E-state index contributed by atoms with van der Waals surface area (Å²) in [6.45, 7) is 8.29. The van der Waals surface area contributed by atoms with Crippen molar-refractivity contribution in [2.24, 2.45) is 5.92 Å². The third-order valence-electron chi connectivity index (χ3n) is 2.44. The molecule has 4 heteroatoms. The van der Waals surface area contributed by atoms with Gasteiger partial charge in [-0.3, -0.25) is 0 Å². The molecule has 0 aliphatic rings. The molecule has 0 saturated carbocycles. The molecule has 0 aromatic rings. The van der Waals surface area contributed by atoms with E-state index in [1.807, 2.05) is 0 Å². The first kappa shape index (κ1) is 15.8. The molecule has 0 aromatic heterocycles. The van der Waals surface area contributed by atoms with E-state index in [0.717, 1.165) is 39.4 Å². The first-order chi connectivity index (χ1) is 7.72. The van der Waals surface area contributed by atoms with Crippen LogP contribution in [0.2, 0.25) is 0 Å². The minimum atomic E-state index is 0.410. The van der Waals surface area contributed by atoms with Gasteiger partial charge in [-0.2, -0.15) is 0 Å². The van der Waals surface area contributed by atoms with Crippen LogP contribution in [0.5, 0.6) is 0 Å². The number of nitrogens with one attached hydrogen (secondary N) is 1. The van der Waals surface area contributed by atoms with Crippen molar-refractivity contribution in [3.8, 4) is 0 Å². The van der Waals surface area contributed by atoms with Gasteiger partial charge in [0.2, 0.25) is 0 Å². The van der Waals surface area contributed by atoms with Crippen molar-refractivity contribution in [3.05, 3.63) is 0 Å². The van der Waals surface area contributed by atoms with Crippen molar-refractivity contribution in [2.75, 3.05) is 47.2 Å². The van der Waals surface area contributed by atoms with Gasteiger partial charge in [-0.25, -0.2) is 0 Å². The molecule has 0 saturated heterocycles. The highest BCUT2D eigenvalue weighted by molar-refractivity contribution is 4.69. The topological polar surface area (TPSA) is 39.7 Å². The SMILES string of the molecule is COCCCOCCNC(COC)C(C)C. The lowest BCUT2D eigenvalue weighted by Crippen LogP contribution is -2.39. The van der Waals surface area contributed by atoms with E-state index < -0.39 is 0 Å². The van der Waals surface area contributed by atoms with Crippen LogP contribution in [0.3, 0.4) is 0 Å². The summed E-state index contributed by atoms with van der Waals surface area (Å²) in [6, 6.07) is 0.410. The molecular formula is C12H27NO3. The summed E-state index contributed by atoms with van der Waals surface area (Å²) in [6.07, 6.45) is 0.960. The Morgan fingerprint density at radius 1 is 1.00 bits per heavy atom. The predicted molar refractivity (Wildman–Crippen MR) is 65.8 cm³/mol. The van der Waals surface area contributed by atoms with E-state index in [1.165, 1.54) is 0 Å². The minimum Gasteiger partial charge on any atom is -0.385 e. The van der Waals surface area contributed by atoms with E-state index in [4.69, 9.17) is 14.2 Å². The summed E-state index contributed by atoms with van der Waals surface area (Å²) in [5, 5.41) is 3.43. The molecule has 0 aromatic carbocycles. The fourth-order valence-corrected chi connectivity index (χ4v) is 1.39. The third-order valence-corrected chi connectivity index (χ3v) is 2.44. The van der Waals surface area contributed by atoms with Gasteiger partial charge in [-0.05, 0) is 12.3 Å². The zero-order valence-electron chi connectivity index (χ0n) is 11.1. The quantitative estimate of drug-likeness (QED) is 0.546. The fraction of sp³-hybridized carbons (Fsp3) is 1.00. The Bertz CT molecular complexity index is 142. The first-order valence-electron chi connectivity index (χ1n) is 6.01. The molecule has 0 bridgehead atoms. The Morgan fingerprint density at radius 2 is 1.75 bits per heavy atom. The predicted octanol–water partition coefficient (Wildman–Crippen LogP) is 1.30. The number of methoxy groups -OCH3 is 2. The van der Waals surface area contributed by atoms with E-state index in [0.29, 0.717) is 12.0 Å². The molecule has 0 amide bonds. The van der Waals surface area contributed by atoms with E-state index in [2.05, 4.69) is 19.2 Å². The van der Waals surface area contributed by atoms with Gasteiger partial charge in [-0.1, -0.05) is 13.8 Å². The lowest BCUT2D eigenvalue weighted by molar-refractivity contribution is 0.0956. The van der Waals surface area contributed by atoms with Crippen LogP contribution in [-0.2, 0) is 14.2 Å². The third kappa shape index (κ3) is 9.09. The van der Waals surface area contributed by atoms with Crippen LogP contribution in [0.25, 0.3) is 0 Å². The van der Waals surface area contributed by atoms with Crippen molar-refractivity contribution >= 4 is 0 Å². The molecule has 0 fully saturated rings. The van der Waals surface area contributed by atoms with Crippen LogP contribution in [-0.4, -0.2) is 53.2 Å². The van der Waals surface area contributed by atoms with Crippen LogP contribution in [0.4, 0.5) is 0 Å². The average molecular weight is 233 g/mol. The lowest BCUT2D eigenvalue weighted by atomic mass is 10.1. The highest BCUT2D eigenvalue weighted by Crippen LogP contribution is 2.01. The van der Waals surface area contributed by atoms with E-state index in [9.17, 15) is 0 Å². The molecule has 0 radical (unpaired) electrons. The van der Waals surface area contributed by atoms with Crippen LogP contribution in [0.15, 0.2) is 0 Å². The molecule has 0 spiro atoms. The zero-order valence-corrected chi connectivity index (χ0v) is 11.1. The van der Waals surface area contributed by atoms with Gasteiger partial charge >= 0.3 is 0 Å². The largest absolute Gasteiger partial charge is 0.385 e. The molecule has 1 N–H and O–H groups in total. The highest BCUT2D eigenvalue weighted by Gasteiger charge is 2.11. The number of ether oxygens (including phenoxy) is 3. The van der Waals surface area contributed by atoms with Gasteiger partial charge in [-0.15, -0.1) is 0 Å². The Hall–Kier alpha value is -0.160. The molecule has 0 aliphatic heterocycles. The van der Waals surface area contributed by atoms with Crippen LogP contribution in [0.1, 0.15) is 20.3 Å². The fourth-order valence-electron chi connectivity index (χ4n) is 1.39. The van der Waals surface area contributed by atoms with Gasteiger partial charge in [0.25, 0.3) is 0 Å². The Balaban J connectivity index is 3.33. The summed E-state index contributed by atoms with van der Waals surface area (Å²) in [7, 11) is 3.44. The van der Waals surface area contributed by atoms with E-state index in [-0.39, 0.29) is 0 Å². The Labute approximate surface area is 99.6 Å². The van der Waals surface area contributed by atoms with E-state index in [1.54, 1.807) is 14.2 Å². The standard InChI is InChI=1S/C12H27NO3/c1-11(2)12(10-15-4)13-6-9-16-8-5-7-14-3/h11-13H,5-10H2,1-4H3. The number of hydrogen-bond acceptors (Lipinski definition) is 4. The molecule has 1 unspecified atom stereocenters. The summed E-state index contributed by atoms with van der Waals surface area (Å²) in [5.74, 6) is 0.577. The Kier molecular flexibility index (Phi) is 11.2. The second-order valence-electron chi connectivity index (χ2n) is 4.22. The van der Waals surface area contributed by atoms with Crippen molar-refractivity contribution in [1.82, 2.24) is 5.32 Å². The molecule has 0 rings (SSSR count). The second-order valence-corrected chi connectivity index (χ2v) is 4.22. The highest BCUT2D eigenvalue weighted by atomic mass is 16.5. The maximum Gasteiger partial charge on any atom is 0.0618 e. The molecule has 16 heavy (non-hydrogen) atoms. The summed E-state index contributed by atoms with van der Waals surface area (Å²) in [4.78, 5) is 0. The van der Waals surface area contributed by atoms with Gasteiger partial charge in [0.15, 0.2) is 0 Å². The van der Waals surface area contributed by atoms with Gasteiger partial charge in [0, 0.05) is 40.0 Å². The zero-order chi connectivity index (χ0) is 12.2. The first-order valence-corrected chi connectivity index (χ1v) is 6.01. The van der Waals surface area contributed by atoms with Gasteiger partial charge in [0.1, 0.15) is 0 Å². The normalized spacial score (nSPS) is 13.3. The molecule has 1 atom stereocenters. The van der Waals surface area contributed by atoms with Gasteiger partial charge in [0.05, 0.1) is 13.2 Å². The molecular weight excluding hydrogens is 206 g/mol. The second kappa shape index (κ2) is 11.3. The van der Waals surface area contributed by atoms with Crippen molar-refractivity contribution in [2.45, 2.75) is 26.3 Å². The maximum absolute atomic E-state index is 5.46. The van der Waals surface area contributed by atoms with Gasteiger partial charge < -0.3 is 19.5 Å². The van der Waals surface area contributed by atoms with E-state index >= 15 is 0 Å². The molecule has 98 valence electrons. The van der Waals surface area contributed by atoms with Crippen molar-refractivity contribution in [3.63, 3.8) is 0 Å². The molecule has 0 aliphatic carbocycles. The smallest absolute Gasteiger partial charge is 0.0618 e.